The van der Waals surface area contributed by atoms with Gasteiger partial charge in [-0.15, -0.1) is 0 Å². The first kappa shape index (κ1) is 23.1. The summed E-state index contributed by atoms with van der Waals surface area (Å²) in [5, 5.41) is 18.1. The van der Waals surface area contributed by atoms with Crippen LogP contribution in [0.5, 0.6) is 5.75 Å². The molecule has 1 aromatic carbocycles. The van der Waals surface area contributed by atoms with Gasteiger partial charge in [0.15, 0.2) is 0 Å². The van der Waals surface area contributed by atoms with E-state index in [0.717, 1.165) is 11.3 Å². The van der Waals surface area contributed by atoms with E-state index < -0.39 is 12.0 Å². The molecule has 0 saturated heterocycles. The molecule has 33 heavy (non-hydrogen) atoms. The SMILES string of the molecule is Cc1cc(-c2cc(C(=O)NCC(O)COc3cccc(Cl)c3Cl)c3c(C)noc3n2)c(C)o1. The number of carbonyl (C=O) groups is 1. The van der Waals surface area contributed by atoms with Gasteiger partial charge in [0.2, 0.25) is 0 Å². The van der Waals surface area contributed by atoms with E-state index in [1.54, 1.807) is 31.2 Å². The predicted octanol–water partition coefficient (Wildman–Crippen LogP) is 4.88. The molecule has 0 aliphatic heterocycles. The summed E-state index contributed by atoms with van der Waals surface area (Å²) in [6.45, 7) is 5.25. The van der Waals surface area contributed by atoms with Crippen LogP contribution in [0.4, 0.5) is 0 Å². The van der Waals surface area contributed by atoms with E-state index in [9.17, 15) is 9.90 Å². The number of ether oxygens (including phenoxy) is 1. The number of hydrogen-bond donors (Lipinski definition) is 2. The molecule has 4 aromatic rings. The highest BCUT2D eigenvalue weighted by Crippen LogP contribution is 2.32. The van der Waals surface area contributed by atoms with E-state index in [1.165, 1.54) is 0 Å². The Bertz CT molecular complexity index is 1330. The molecule has 172 valence electrons. The highest BCUT2D eigenvalue weighted by Gasteiger charge is 2.21. The number of amides is 1. The molecule has 2 N–H and O–H groups in total. The lowest BCUT2D eigenvalue weighted by molar-refractivity contribution is 0.0845. The summed E-state index contributed by atoms with van der Waals surface area (Å²) in [6, 6.07) is 8.47. The van der Waals surface area contributed by atoms with Gasteiger partial charge in [0, 0.05) is 12.1 Å². The zero-order valence-electron chi connectivity index (χ0n) is 18.1. The monoisotopic (exact) mass is 489 g/mol. The molecule has 0 saturated carbocycles. The number of nitrogens with one attached hydrogen (secondary N) is 1. The van der Waals surface area contributed by atoms with Crippen LogP contribution in [-0.2, 0) is 0 Å². The zero-order chi connectivity index (χ0) is 23.7. The molecular formula is C23H21Cl2N3O5. The highest BCUT2D eigenvalue weighted by molar-refractivity contribution is 6.42. The van der Waals surface area contributed by atoms with Crippen LogP contribution in [0.1, 0.15) is 27.6 Å². The number of aliphatic hydroxyl groups excluding tert-OH is 1. The molecule has 1 unspecified atom stereocenters. The second-order valence-corrected chi connectivity index (χ2v) is 8.34. The van der Waals surface area contributed by atoms with Crippen LogP contribution in [0.2, 0.25) is 10.0 Å². The number of rotatable bonds is 7. The van der Waals surface area contributed by atoms with Gasteiger partial charge in [-0.3, -0.25) is 4.79 Å². The molecule has 10 heteroatoms. The van der Waals surface area contributed by atoms with Crippen molar-refractivity contribution in [1.29, 1.82) is 0 Å². The average Bonchev–Trinajstić information content (AvgIpc) is 3.33. The van der Waals surface area contributed by atoms with E-state index in [1.807, 2.05) is 19.9 Å². The van der Waals surface area contributed by atoms with Gasteiger partial charge in [0.05, 0.1) is 27.4 Å². The topological polar surface area (TPSA) is 111 Å². The van der Waals surface area contributed by atoms with Gasteiger partial charge in [-0.05, 0) is 45.0 Å². The molecule has 4 rings (SSSR count). The Hall–Kier alpha value is -3.07. The molecule has 1 amide bonds. The number of benzene rings is 1. The Morgan fingerprint density at radius 3 is 2.76 bits per heavy atom. The van der Waals surface area contributed by atoms with E-state index in [2.05, 4.69) is 15.5 Å². The third-order valence-electron chi connectivity index (χ3n) is 5.02. The van der Waals surface area contributed by atoms with Crippen molar-refractivity contribution in [1.82, 2.24) is 15.5 Å². The first-order valence-electron chi connectivity index (χ1n) is 10.1. The Labute approximate surface area is 199 Å². The summed E-state index contributed by atoms with van der Waals surface area (Å²) in [7, 11) is 0. The molecule has 0 aliphatic rings. The fraction of sp³-hybridized carbons (Fsp3) is 0.261. The summed E-state index contributed by atoms with van der Waals surface area (Å²) in [5.41, 5.74) is 2.39. The standard InChI is InChI=1S/C23H21Cl2N3O5/c1-11-7-15(13(3)32-11)18-8-16(20-12(2)28-33-23(20)27-18)22(30)26-9-14(29)10-31-19-6-4-5-17(24)21(19)25/h4-8,14,29H,9-10H2,1-3H3,(H,26,30). The maximum atomic E-state index is 13.0. The molecule has 0 aliphatic carbocycles. The second kappa shape index (κ2) is 9.43. The highest BCUT2D eigenvalue weighted by atomic mass is 35.5. The molecule has 0 spiro atoms. The van der Waals surface area contributed by atoms with Crippen LogP contribution in [0.3, 0.4) is 0 Å². The number of pyridine rings is 1. The maximum Gasteiger partial charge on any atom is 0.259 e. The summed E-state index contributed by atoms with van der Waals surface area (Å²) in [4.78, 5) is 17.5. The van der Waals surface area contributed by atoms with Crippen molar-refractivity contribution in [2.45, 2.75) is 26.9 Å². The van der Waals surface area contributed by atoms with Crippen LogP contribution in [0.15, 0.2) is 39.3 Å². The van der Waals surface area contributed by atoms with Crippen molar-refractivity contribution in [2.75, 3.05) is 13.2 Å². The van der Waals surface area contributed by atoms with Crippen LogP contribution < -0.4 is 10.1 Å². The predicted molar refractivity (Wildman–Crippen MR) is 124 cm³/mol. The van der Waals surface area contributed by atoms with Crippen molar-refractivity contribution >= 4 is 40.2 Å². The zero-order valence-corrected chi connectivity index (χ0v) is 19.6. The molecule has 3 heterocycles. The summed E-state index contributed by atoms with van der Waals surface area (Å²) >= 11 is 12.0. The Morgan fingerprint density at radius 2 is 2.03 bits per heavy atom. The minimum absolute atomic E-state index is 0.0512. The number of nitrogens with zero attached hydrogens (tertiary/aromatic N) is 2. The van der Waals surface area contributed by atoms with Crippen LogP contribution in [0, 0.1) is 20.8 Å². The lowest BCUT2D eigenvalue weighted by atomic mass is 10.1. The molecule has 3 aromatic heterocycles. The lowest BCUT2D eigenvalue weighted by Crippen LogP contribution is -2.35. The second-order valence-electron chi connectivity index (χ2n) is 7.56. The van der Waals surface area contributed by atoms with Crippen LogP contribution >= 0.6 is 23.2 Å². The first-order chi connectivity index (χ1) is 15.7. The molecule has 0 fully saturated rings. The van der Waals surface area contributed by atoms with Gasteiger partial charge in [-0.25, -0.2) is 4.98 Å². The first-order valence-corrected chi connectivity index (χ1v) is 10.9. The average molecular weight is 490 g/mol. The van der Waals surface area contributed by atoms with Crippen molar-refractivity contribution in [3.63, 3.8) is 0 Å². The summed E-state index contributed by atoms with van der Waals surface area (Å²) < 4.78 is 16.4. The molecule has 0 radical (unpaired) electrons. The van der Waals surface area contributed by atoms with E-state index in [0.29, 0.717) is 38.9 Å². The summed E-state index contributed by atoms with van der Waals surface area (Å²) in [6.07, 6.45) is -0.983. The van der Waals surface area contributed by atoms with Crippen molar-refractivity contribution in [3.8, 4) is 17.0 Å². The fourth-order valence-electron chi connectivity index (χ4n) is 3.44. The minimum Gasteiger partial charge on any atom is -0.489 e. The minimum atomic E-state index is -0.983. The maximum absolute atomic E-state index is 13.0. The van der Waals surface area contributed by atoms with Gasteiger partial charge in [-0.2, -0.15) is 0 Å². The van der Waals surface area contributed by atoms with E-state index >= 15 is 0 Å². The number of carbonyl (C=O) groups excluding carboxylic acids is 1. The molecular weight excluding hydrogens is 469 g/mol. The molecule has 8 nitrogen and oxygen atoms in total. The largest absolute Gasteiger partial charge is 0.489 e. The normalized spacial score (nSPS) is 12.2. The van der Waals surface area contributed by atoms with Gasteiger partial charge in [-0.1, -0.05) is 34.4 Å². The fourth-order valence-corrected chi connectivity index (χ4v) is 3.79. The number of fused-ring (bicyclic) bond motifs is 1. The number of aromatic nitrogens is 2. The third-order valence-corrected chi connectivity index (χ3v) is 5.83. The van der Waals surface area contributed by atoms with Gasteiger partial charge < -0.3 is 24.1 Å². The Balaban J connectivity index is 1.51. The Kier molecular flexibility index (Phi) is 6.60. The molecule has 1 atom stereocenters. The van der Waals surface area contributed by atoms with E-state index in [4.69, 9.17) is 36.9 Å². The summed E-state index contributed by atoms with van der Waals surface area (Å²) in [5.74, 6) is 1.34. The molecule has 0 bridgehead atoms. The number of furan rings is 1. The number of halogens is 2. The van der Waals surface area contributed by atoms with Crippen LogP contribution in [-0.4, -0.2) is 40.4 Å². The number of aryl methyl sites for hydroxylation is 3. The lowest BCUT2D eigenvalue weighted by Gasteiger charge is -2.15. The quantitative estimate of drug-likeness (QED) is 0.380. The smallest absolute Gasteiger partial charge is 0.259 e. The van der Waals surface area contributed by atoms with E-state index in [-0.39, 0.29) is 23.9 Å². The van der Waals surface area contributed by atoms with Crippen LogP contribution in [0.25, 0.3) is 22.4 Å². The van der Waals surface area contributed by atoms with Crippen molar-refractivity contribution < 1.29 is 23.6 Å². The van der Waals surface area contributed by atoms with Gasteiger partial charge in [0.1, 0.15) is 35.0 Å². The Morgan fingerprint density at radius 1 is 1.24 bits per heavy atom. The van der Waals surface area contributed by atoms with Gasteiger partial charge in [0.25, 0.3) is 11.6 Å². The van der Waals surface area contributed by atoms with Gasteiger partial charge >= 0.3 is 0 Å². The van der Waals surface area contributed by atoms with Crippen molar-refractivity contribution in [3.05, 3.63) is 63.2 Å². The third kappa shape index (κ3) is 4.83. The number of aliphatic hydroxyl groups is 1. The number of hydrogen-bond acceptors (Lipinski definition) is 7. The van der Waals surface area contributed by atoms with Crippen molar-refractivity contribution in [2.24, 2.45) is 0 Å².